The van der Waals surface area contributed by atoms with Gasteiger partial charge in [0.05, 0.1) is 5.69 Å². The van der Waals surface area contributed by atoms with Gasteiger partial charge in [0, 0.05) is 33.3 Å². The molecular weight excluding hydrogens is 335 g/mol. The van der Waals surface area contributed by atoms with E-state index in [1.165, 1.54) is 20.5 Å². The lowest BCUT2D eigenvalue weighted by Crippen LogP contribution is -1.99. The molecule has 0 N–H and O–H groups in total. The van der Waals surface area contributed by atoms with E-state index in [9.17, 15) is 0 Å². The Morgan fingerprint density at radius 1 is 1.28 bits per heavy atom. The fraction of sp³-hybridized carbons (Fsp3) is 0.267. The van der Waals surface area contributed by atoms with Crippen LogP contribution in [0.3, 0.4) is 0 Å². The van der Waals surface area contributed by atoms with Crippen molar-refractivity contribution in [2.45, 2.75) is 27.3 Å². The molecule has 0 fully saturated rings. The maximum atomic E-state index is 4.54. The van der Waals surface area contributed by atoms with Crippen molar-refractivity contribution in [1.29, 1.82) is 0 Å². The van der Waals surface area contributed by atoms with Gasteiger partial charge in [-0.05, 0) is 67.6 Å². The Kier molecular flexibility index (Phi) is 4.22. The van der Waals surface area contributed by atoms with E-state index in [0.29, 0.717) is 0 Å². The van der Waals surface area contributed by atoms with Gasteiger partial charge in [-0.3, -0.25) is 4.99 Å². The lowest BCUT2D eigenvalue weighted by molar-refractivity contribution is 0.718. The Labute approximate surface area is 122 Å². The van der Waals surface area contributed by atoms with E-state index in [1.807, 2.05) is 18.3 Å². The zero-order chi connectivity index (χ0) is 13.1. The first kappa shape index (κ1) is 13.3. The number of rotatable bonds is 3. The summed E-state index contributed by atoms with van der Waals surface area (Å²) in [6.07, 6.45) is 1.96. The summed E-state index contributed by atoms with van der Waals surface area (Å²) in [6.45, 7) is 7.46. The van der Waals surface area contributed by atoms with Gasteiger partial charge in [-0.1, -0.05) is 6.07 Å². The SMILES string of the molecule is CCn1c(C)cc(C=Nc2cccc(I)c2)c1C. The smallest absolute Gasteiger partial charge is 0.0640 e. The third-order valence-corrected chi connectivity index (χ3v) is 3.76. The third kappa shape index (κ3) is 2.83. The molecule has 1 aromatic carbocycles. The average molecular weight is 352 g/mol. The Hall–Kier alpha value is -1.10. The Morgan fingerprint density at radius 2 is 2.06 bits per heavy atom. The van der Waals surface area contributed by atoms with Gasteiger partial charge in [0.2, 0.25) is 0 Å². The van der Waals surface area contributed by atoms with Crippen LogP contribution in [0.5, 0.6) is 0 Å². The summed E-state index contributed by atoms with van der Waals surface area (Å²) >= 11 is 2.30. The van der Waals surface area contributed by atoms with Crippen LogP contribution in [0.2, 0.25) is 0 Å². The highest BCUT2D eigenvalue weighted by Crippen LogP contribution is 2.17. The molecule has 0 saturated heterocycles. The Morgan fingerprint density at radius 3 is 2.67 bits per heavy atom. The first-order chi connectivity index (χ1) is 8.61. The van der Waals surface area contributed by atoms with E-state index in [-0.39, 0.29) is 0 Å². The van der Waals surface area contributed by atoms with Gasteiger partial charge in [-0.15, -0.1) is 0 Å². The molecule has 2 aromatic rings. The van der Waals surface area contributed by atoms with Gasteiger partial charge in [-0.2, -0.15) is 0 Å². The summed E-state index contributed by atoms with van der Waals surface area (Å²) in [5.41, 5.74) is 4.78. The van der Waals surface area contributed by atoms with Crippen molar-refractivity contribution >= 4 is 34.5 Å². The molecule has 0 bridgehead atoms. The molecule has 0 aliphatic carbocycles. The van der Waals surface area contributed by atoms with Gasteiger partial charge >= 0.3 is 0 Å². The monoisotopic (exact) mass is 352 g/mol. The molecule has 2 nitrogen and oxygen atoms in total. The minimum absolute atomic E-state index is 1.00. The predicted molar refractivity (Wildman–Crippen MR) is 86.0 cm³/mol. The quantitative estimate of drug-likeness (QED) is 0.573. The first-order valence-electron chi connectivity index (χ1n) is 6.08. The van der Waals surface area contributed by atoms with E-state index in [0.717, 1.165) is 12.2 Å². The fourth-order valence-electron chi connectivity index (χ4n) is 2.15. The number of aromatic nitrogens is 1. The van der Waals surface area contributed by atoms with Crippen molar-refractivity contribution in [2.24, 2.45) is 4.99 Å². The normalized spacial score (nSPS) is 11.3. The fourth-order valence-corrected chi connectivity index (χ4v) is 2.67. The van der Waals surface area contributed by atoms with Gasteiger partial charge in [-0.25, -0.2) is 0 Å². The lowest BCUT2D eigenvalue weighted by Gasteiger charge is -2.04. The highest BCUT2D eigenvalue weighted by molar-refractivity contribution is 14.1. The molecule has 1 heterocycles. The predicted octanol–water partition coefficient (Wildman–Crippen LogP) is 4.48. The molecular formula is C15H17IN2. The number of nitrogens with zero attached hydrogens (tertiary/aromatic N) is 2. The molecule has 0 saturated carbocycles. The van der Waals surface area contributed by atoms with Gasteiger partial charge in [0.25, 0.3) is 0 Å². The summed E-state index contributed by atoms with van der Waals surface area (Å²) < 4.78 is 3.51. The van der Waals surface area contributed by atoms with Crippen molar-refractivity contribution in [3.8, 4) is 0 Å². The number of benzene rings is 1. The highest BCUT2D eigenvalue weighted by atomic mass is 127. The third-order valence-electron chi connectivity index (χ3n) is 3.09. The number of aryl methyl sites for hydroxylation is 1. The molecule has 0 aliphatic heterocycles. The Bertz CT molecular complexity index is 582. The van der Waals surface area contributed by atoms with Gasteiger partial charge in [0.1, 0.15) is 0 Å². The van der Waals surface area contributed by atoms with E-state index in [2.05, 4.69) is 71.1 Å². The number of aliphatic imine (C=N–C) groups is 1. The van der Waals surface area contributed by atoms with Crippen LogP contribution in [0, 0.1) is 17.4 Å². The van der Waals surface area contributed by atoms with Crippen molar-refractivity contribution in [2.75, 3.05) is 0 Å². The van der Waals surface area contributed by atoms with Crippen molar-refractivity contribution in [3.05, 3.63) is 50.9 Å². The summed E-state index contributed by atoms with van der Waals surface area (Å²) in [5, 5.41) is 0. The van der Waals surface area contributed by atoms with Crippen molar-refractivity contribution < 1.29 is 0 Å². The highest BCUT2D eigenvalue weighted by Gasteiger charge is 2.05. The topological polar surface area (TPSA) is 17.3 Å². The molecule has 18 heavy (non-hydrogen) atoms. The number of hydrogen-bond acceptors (Lipinski definition) is 1. The van der Waals surface area contributed by atoms with Crippen LogP contribution in [0.1, 0.15) is 23.9 Å². The van der Waals surface area contributed by atoms with Crippen LogP contribution in [-0.2, 0) is 6.54 Å². The minimum atomic E-state index is 1.00. The summed E-state index contributed by atoms with van der Waals surface area (Å²) in [7, 11) is 0. The molecule has 1 aromatic heterocycles. The molecule has 94 valence electrons. The average Bonchev–Trinajstić information content (AvgIpc) is 2.61. The van der Waals surface area contributed by atoms with Crippen LogP contribution in [-0.4, -0.2) is 10.8 Å². The summed E-state index contributed by atoms with van der Waals surface area (Å²) in [4.78, 5) is 4.54. The van der Waals surface area contributed by atoms with Crippen molar-refractivity contribution in [1.82, 2.24) is 4.57 Å². The van der Waals surface area contributed by atoms with Crippen LogP contribution in [0.15, 0.2) is 35.3 Å². The Balaban J connectivity index is 2.29. The van der Waals surface area contributed by atoms with Crippen LogP contribution < -0.4 is 0 Å². The van der Waals surface area contributed by atoms with Gasteiger partial charge in [0.15, 0.2) is 0 Å². The molecule has 0 radical (unpaired) electrons. The van der Waals surface area contributed by atoms with Crippen LogP contribution in [0.25, 0.3) is 0 Å². The number of halogens is 1. The second-order valence-electron chi connectivity index (χ2n) is 4.31. The molecule has 0 aliphatic rings. The van der Waals surface area contributed by atoms with Gasteiger partial charge < -0.3 is 4.57 Å². The molecule has 0 unspecified atom stereocenters. The molecule has 0 spiro atoms. The standard InChI is InChI=1S/C15H17IN2/c1-4-18-11(2)8-13(12(18)3)10-17-15-7-5-6-14(16)9-15/h5-10H,4H2,1-3H3. The lowest BCUT2D eigenvalue weighted by atomic mass is 10.2. The molecule has 3 heteroatoms. The molecule has 2 rings (SSSR count). The second-order valence-corrected chi connectivity index (χ2v) is 5.55. The number of hydrogen-bond donors (Lipinski definition) is 0. The zero-order valence-electron chi connectivity index (χ0n) is 10.9. The van der Waals surface area contributed by atoms with E-state index in [1.54, 1.807) is 0 Å². The zero-order valence-corrected chi connectivity index (χ0v) is 13.1. The van der Waals surface area contributed by atoms with E-state index in [4.69, 9.17) is 0 Å². The second kappa shape index (κ2) is 5.69. The van der Waals surface area contributed by atoms with Crippen LogP contribution in [0.4, 0.5) is 5.69 Å². The van der Waals surface area contributed by atoms with Crippen LogP contribution >= 0.6 is 22.6 Å². The summed E-state index contributed by atoms with van der Waals surface area (Å²) in [6, 6.07) is 10.4. The summed E-state index contributed by atoms with van der Waals surface area (Å²) in [5.74, 6) is 0. The molecule has 0 atom stereocenters. The first-order valence-corrected chi connectivity index (χ1v) is 7.16. The van der Waals surface area contributed by atoms with E-state index >= 15 is 0 Å². The van der Waals surface area contributed by atoms with E-state index < -0.39 is 0 Å². The maximum Gasteiger partial charge on any atom is 0.0640 e. The molecule has 0 amide bonds. The largest absolute Gasteiger partial charge is 0.349 e. The maximum absolute atomic E-state index is 4.54. The van der Waals surface area contributed by atoms with Crippen molar-refractivity contribution in [3.63, 3.8) is 0 Å². The minimum Gasteiger partial charge on any atom is -0.349 e.